The van der Waals surface area contributed by atoms with Crippen LogP contribution in [0.4, 0.5) is 4.79 Å². The molecule has 0 rings (SSSR count). The molecule has 0 aromatic rings. The molecule has 0 amide bonds. The number of hydrogen-bond donors (Lipinski definition) is 0. The summed E-state index contributed by atoms with van der Waals surface area (Å²) in [5.74, 6) is 0. The molecule has 0 fully saturated rings. The van der Waals surface area contributed by atoms with E-state index in [1.165, 1.54) is 0 Å². The van der Waals surface area contributed by atoms with Gasteiger partial charge in [-0.25, -0.2) is 0 Å². The van der Waals surface area contributed by atoms with E-state index in [0.717, 1.165) is 0 Å². The Hall–Kier alpha value is 3.10. The van der Waals surface area contributed by atoms with E-state index < -0.39 is 6.16 Å². The first-order chi connectivity index (χ1) is 1.73. The number of carbonyl (C=O) groups is 1. The van der Waals surface area contributed by atoms with Crippen molar-refractivity contribution in [3.63, 3.8) is 0 Å². The Bertz CT molecular complexity index is 37.0. The van der Waals surface area contributed by atoms with Gasteiger partial charge in [0, 0.05) is 0 Å². The molecule has 32 valence electrons. The minimum Gasteiger partial charge on any atom is -0.870 e. The van der Waals surface area contributed by atoms with E-state index >= 15 is 0 Å². The molecule has 0 aliphatic heterocycles. The van der Waals surface area contributed by atoms with Gasteiger partial charge in [0.05, 0.1) is 0 Å². The Morgan fingerprint density at radius 3 is 1.12 bits per heavy atom. The van der Waals surface area contributed by atoms with Gasteiger partial charge in [-0.1, -0.05) is 0 Å². The van der Waals surface area contributed by atoms with Gasteiger partial charge in [-0.3, -0.25) is 0 Å². The Morgan fingerprint density at radius 1 is 1.12 bits per heavy atom. The standard InChI is InChI=1S/CH2O3.2K.Li.H2O/c2-1(3)4;;;;/h(H2,2,3,4);;;;1H2/q;3*+1;/p-3. The summed E-state index contributed by atoms with van der Waals surface area (Å²) in [6.45, 7) is 0. The monoisotopic (exact) mass is 162 g/mol. The maximum Gasteiger partial charge on any atom is 1.00 e. The average molecular weight is 162 g/mol. The molecule has 0 aromatic carbocycles. The fourth-order valence-electron chi connectivity index (χ4n) is 0. The van der Waals surface area contributed by atoms with Crippen LogP contribution in [0.1, 0.15) is 0 Å². The molecule has 7 heteroatoms. The minimum atomic E-state index is -2.33. The maximum atomic E-state index is 8.33. The largest absolute Gasteiger partial charge is 1.00 e. The molecule has 0 saturated carbocycles. The molecule has 0 atom stereocenters. The Kier molecular flexibility index (Phi) is 85.5. The summed E-state index contributed by atoms with van der Waals surface area (Å²) in [6.07, 6.45) is -2.33. The number of rotatable bonds is 0. The third-order valence-electron chi connectivity index (χ3n) is 0. The number of hydrogen-bond acceptors (Lipinski definition) is 4. The van der Waals surface area contributed by atoms with Crippen LogP contribution < -0.4 is 132 Å². The summed E-state index contributed by atoms with van der Waals surface area (Å²) in [4.78, 5) is 8.33. The van der Waals surface area contributed by atoms with Crippen molar-refractivity contribution in [2.75, 3.05) is 0 Å². The normalized spacial score (nSPS) is 3.00. The Balaban J connectivity index is -0.00000000750. The Morgan fingerprint density at radius 2 is 1.12 bits per heavy atom. The molecule has 0 unspecified atom stereocenters. The second kappa shape index (κ2) is 22.5. The zero-order valence-electron chi connectivity index (χ0n) is 5.17. The van der Waals surface area contributed by atoms with Crippen LogP contribution in [-0.4, -0.2) is 11.6 Å². The van der Waals surface area contributed by atoms with E-state index in [2.05, 4.69) is 0 Å². The molecular weight excluding hydrogens is 161 g/mol. The smallest absolute Gasteiger partial charge is 0.870 e. The molecule has 0 aromatic heterocycles. The second-order valence-electron chi connectivity index (χ2n) is 0.250. The quantitative estimate of drug-likeness (QED) is 0.330. The van der Waals surface area contributed by atoms with Gasteiger partial charge in [-0.2, -0.15) is 0 Å². The predicted octanol–water partition coefficient (Wildman–Crippen LogP) is -11.6. The van der Waals surface area contributed by atoms with Gasteiger partial charge < -0.3 is 20.5 Å². The summed E-state index contributed by atoms with van der Waals surface area (Å²) >= 11 is 0. The third kappa shape index (κ3) is 62.1. The maximum absolute atomic E-state index is 8.33. The van der Waals surface area contributed by atoms with Crippen molar-refractivity contribution in [2.24, 2.45) is 0 Å². The second-order valence-corrected chi connectivity index (χ2v) is 0.250. The first-order valence-corrected chi connectivity index (χ1v) is 0.612. The predicted molar refractivity (Wildman–Crippen MR) is 7.33 cm³/mol. The molecular formula is CHK2LiO4. The van der Waals surface area contributed by atoms with Crippen molar-refractivity contribution in [3.8, 4) is 0 Å². The van der Waals surface area contributed by atoms with E-state index in [9.17, 15) is 0 Å². The van der Waals surface area contributed by atoms with Crippen molar-refractivity contribution in [2.45, 2.75) is 0 Å². The average Bonchev–Trinajstić information content (AvgIpc) is 0.811. The molecule has 0 spiro atoms. The zero-order valence-corrected chi connectivity index (χ0v) is 11.4. The van der Waals surface area contributed by atoms with Crippen LogP contribution in [0.15, 0.2) is 0 Å². The van der Waals surface area contributed by atoms with E-state index in [1.807, 2.05) is 0 Å². The summed E-state index contributed by atoms with van der Waals surface area (Å²) in [6, 6.07) is 0. The third-order valence-corrected chi connectivity index (χ3v) is 0. The van der Waals surface area contributed by atoms with Gasteiger partial charge in [0.1, 0.15) is 0 Å². The fraction of sp³-hybridized carbons (Fsp3) is 0. The molecule has 0 saturated heterocycles. The van der Waals surface area contributed by atoms with Crippen molar-refractivity contribution >= 4 is 6.16 Å². The van der Waals surface area contributed by atoms with Crippen molar-refractivity contribution < 1.29 is 142 Å². The van der Waals surface area contributed by atoms with Crippen LogP contribution in [0.25, 0.3) is 0 Å². The first-order valence-electron chi connectivity index (χ1n) is 0.612. The molecule has 0 heterocycles. The molecule has 0 radical (unpaired) electrons. The van der Waals surface area contributed by atoms with E-state index in [1.54, 1.807) is 0 Å². The van der Waals surface area contributed by atoms with E-state index in [4.69, 9.17) is 15.0 Å². The molecule has 0 aliphatic rings. The van der Waals surface area contributed by atoms with Crippen LogP contribution in [-0.2, 0) is 0 Å². The van der Waals surface area contributed by atoms with Crippen molar-refractivity contribution in [3.05, 3.63) is 0 Å². The van der Waals surface area contributed by atoms with Gasteiger partial charge >= 0.3 is 122 Å². The van der Waals surface area contributed by atoms with E-state index in [0.29, 0.717) is 0 Å². The van der Waals surface area contributed by atoms with Gasteiger partial charge in [-0.15, -0.1) is 0 Å². The SMILES string of the molecule is O=C([O-])[O-].[K+].[K+].[Li+].[OH-]. The van der Waals surface area contributed by atoms with Gasteiger partial charge in [0.25, 0.3) is 0 Å². The van der Waals surface area contributed by atoms with Gasteiger partial charge in [-0.05, 0) is 6.16 Å². The van der Waals surface area contributed by atoms with Crippen LogP contribution in [0.3, 0.4) is 0 Å². The number of carboxylic acid groups (broad SMARTS) is 2. The molecule has 8 heavy (non-hydrogen) atoms. The van der Waals surface area contributed by atoms with Crippen LogP contribution in [0.2, 0.25) is 0 Å². The molecule has 1 N–H and O–H groups in total. The summed E-state index contributed by atoms with van der Waals surface area (Å²) in [7, 11) is 0. The topological polar surface area (TPSA) is 93.2 Å². The van der Waals surface area contributed by atoms with Crippen LogP contribution in [0, 0.1) is 0 Å². The summed E-state index contributed by atoms with van der Waals surface area (Å²) in [5, 5.41) is 16.7. The molecule has 0 aliphatic carbocycles. The first kappa shape index (κ1) is 30.4. The van der Waals surface area contributed by atoms with Crippen LogP contribution in [0.5, 0.6) is 0 Å². The van der Waals surface area contributed by atoms with Gasteiger partial charge in [0.15, 0.2) is 0 Å². The van der Waals surface area contributed by atoms with Gasteiger partial charge in [0.2, 0.25) is 0 Å². The molecule has 4 nitrogen and oxygen atoms in total. The summed E-state index contributed by atoms with van der Waals surface area (Å²) < 4.78 is 0. The van der Waals surface area contributed by atoms with Crippen molar-refractivity contribution in [1.82, 2.24) is 0 Å². The van der Waals surface area contributed by atoms with Crippen LogP contribution >= 0.6 is 0 Å². The van der Waals surface area contributed by atoms with E-state index in [-0.39, 0.29) is 127 Å². The number of carbonyl (C=O) groups excluding carboxylic acids is 1. The summed E-state index contributed by atoms with van der Waals surface area (Å²) in [5.41, 5.74) is 0. The van der Waals surface area contributed by atoms with Crippen molar-refractivity contribution in [1.29, 1.82) is 0 Å². The minimum absolute atomic E-state index is 0. The fourth-order valence-corrected chi connectivity index (χ4v) is 0. The Labute approximate surface area is 144 Å². The molecule has 0 bridgehead atoms. The zero-order chi connectivity index (χ0) is 3.58.